The van der Waals surface area contributed by atoms with E-state index in [1.54, 1.807) is 27.7 Å². The van der Waals surface area contributed by atoms with Gasteiger partial charge in [0.1, 0.15) is 0 Å². The molecule has 1 heterocycles. The fourth-order valence-electron chi connectivity index (χ4n) is 1.43. The first kappa shape index (κ1) is 12.5. The fourth-order valence-corrected chi connectivity index (χ4v) is 3.62. The molecule has 0 aromatic heterocycles. The molecule has 0 radical (unpaired) electrons. The van der Waals surface area contributed by atoms with E-state index in [2.05, 4.69) is 26.1 Å². The molecule has 1 aromatic carbocycles. The Labute approximate surface area is 108 Å². The molecule has 3 nitrogen and oxygen atoms in total. The number of hydrogen-bond donors (Lipinski definition) is 1. The molecule has 0 atom stereocenters. The number of carbonyl (C=O) groups is 2. The highest BCUT2D eigenvalue weighted by molar-refractivity contribution is 8.77. The third-order valence-electron chi connectivity index (χ3n) is 2.11. The lowest BCUT2D eigenvalue weighted by atomic mass is 10.1. The normalized spacial score (nSPS) is 14.8. The van der Waals surface area contributed by atoms with Gasteiger partial charge in [-0.1, -0.05) is 48.4 Å². The van der Waals surface area contributed by atoms with Gasteiger partial charge in [0, 0.05) is 9.64 Å². The summed E-state index contributed by atoms with van der Waals surface area (Å²) in [6, 6.07) is 5.37. The Morgan fingerprint density at radius 1 is 1.12 bits per heavy atom. The van der Waals surface area contributed by atoms with Gasteiger partial charge in [-0.15, -0.1) is 0 Å². The Bertz CT molecular complexity index is 492. The average molecular weight is 267 g/mol. The van der Waals surface area contributed by atoms with Crippen molar-refractivity contribution in [2.24, 2.45) is 0 Å². The number of hydrogen-bond acceptors (Lipinski definition) is 4. The van der Waals surface area contributed by atoms with E-state index < -0.39 is 0 Å². The van der Waals surface area contributed by atoms with Crippen LogP contribution in [0, 0.1) is 0 Å². The van der Waals surface area contributed by atoms with Crippen LogP contribution in [0.3, 0.4) is 0 Å². The Kier molecular flexibility index (Phi) is 3.23. The summed E-state index contributed by atoms with van der Waals surface area (Å²) in [6.07, 6.45) is 0. The molecular formula is C12H13NO2S2. The van der Waals surface area contributed by atoms with E-state index >= 15 is 0 Å². The lowest BCUT2D eigenvalue weighted by Crippen LogP contribution is -2.20. The summed E-state index contributed by atoms with van der Waals surface area (Å²) in [5.74, 6) is -0.587. The number of fused-ring (bicyclic) bond motifs is 1. The van der Waals surface area contributed by atoms with E-state index in [1.165, 1.54) is 0 Å². The summed E-state index contributed by atoms with van der Waals surface area (Å²) in [5, 5.41) is 2.32. The zero-order chi connectivity index (χ0) is 12.6. The molecule has 1 aromatic rings. The summed E-state index contributed by atoms with van der Waals surface area (Å²) in [7, 11) is 3.22. The van der Waals surface area contributed by atoms with Gasteiger partial charge < -0.3 is 0 Å². The van der Waals surface area contributed by atoms with Crippen molar-refractivity contribution in [3.05, 3.63) is 29.3 Å². The smallest absolute Gasteiger partial charge is 0.260 e. The third kappa shape index (κ3) is 2.66. The second-order valence-electron chi connectivity index (χ2n) is 4.74. The topological polar surface area (TPSA) is 46.2 Å². The summed E-state index contributed by atoms with van der Waals surface area (Å²) in [4.78, 5) is 24.0. The highest BCUT2D eigenvalue weighted by atomic mass is 33.1. The number of nitrogens with one attached hydrogen (secondary N) is 1. The lowest BCUT2D eigenvalue weighted by Gasteiger charge is -2.16. The van der Waals surface area contributed by atoms with Gasteiger partial charge in [-0.3, -0.25) is 14.9 Å². The van der Waals surface area contributed by atoms with Crippen molar-refractivity contribution in [2.45, 2.75) is 30.4 Å². The van der Waals surface area contributed by atoms with Gasteiger partial charge in [0.25, 0.3) is 11.8 Å². The molecule has 0 unspecified atom stereocenters. The molecule has 1 N–H and O–H groups in total. The molecule has 0 saturated carbocycles. The van der Waals surface area contributed by atoms with E-state index in [0.29, 0.717) is 11.1 Å². The highest BCUT2D eigenvalue weighted by Gasteiger charge is 2.29. The summed E-state index contributed by atoms with van der Waals surface area (Å²) in [6.45, 7) is 6.33. The second kappa shape index (κ2) is 4.38. The van der Waals surface area contributed by atoms with Crippen LogP contribution in [0.4, 0.5) is 0 Å². The number of rotatable bonds is 2. The molecule has 0 saturated heterocycles. The molecule has 0 spiro atoms. The van der Waals surface area contributed by atoms with E-state index in [4.69, 9.17) is 0 Å². The van der Waals surface area contributed by atoms with Crippen LogP contribution in [0.5, 0.6) is 0 Å². The molecule has 0 fully saturated rings. The van der Waals surface area contributed by atoms with Crippen molar-refractivity contribution in [1.29, 1.82) is 0 Å². The fraction of sp³-hybridized carbons (Fsp3) is 0.333. The van der Waals surface area contributed by atoms with Crippen molar-refractivity contribution in [3.8, 4) is 0 Å². The summed E-state index contributed by atoms with van der Waals surface area (Å²) >= 11 is 0. The first-order valence-corrected chi connectivity index (χ1v) is 7.38. The van der Waals surface area contributed by atoms with E-state index in [1.807, 2.05) is 12.1 Å². The Hall–Kier alpha value is -0.940. The molecule has 1 aliphatic heterocycles. The van der Waals surface area contributed by atoms with Crippen LogP contribution in [-0.2, 0) is 0 Å². The highest BCUT2D eigenvalue weighted by Crippen LogP contribution is 2.42. The summed E-state index contributed by atoms with van der Waals surface area (Å²) < 4.78 is 0.104. The minimum Gasteiger partial charge on any atom is -0.288 e. The summed E-state index contributed by atoms with van der Waals surface area (Å²) in [5.41, 5.74) is 0.994. The van der Waals surface area contributed by atoms with Gasteiger partial charge in [0.05, 0.1) is 11.1 Å². The van der Waals surface area contributed by atoms with Gasteiger partial charge >= 0.3 is 0 Å². The minimum atomic E-state index is -0.298. The first-order chi connectivity index (χ1) is 7.88. The zero-order valence-electron chi connectivity index (χ0n) is 9.87. The lowest BCUT2D eigenvalue weighted by molar-refractivity contribution is 0.0879. The van der Waals surface area contributed by atoms with Crippen molar-refractivity contribution < 1.29 is 9.59 Å². The Morgan fingerprint density at radius 3 is 2.47 bits per heavy atom. The molecule has 2 rings (SSSR count). The largest absolute Gasteiger partial charge is 0.288 e. The SMILES string of the molecule is CC(C)(C)SSc1cccc2c1C(=O)NC2=O. The van der Waals surface area contributed by atoms with Gasteiger partial charge in [0.15, 0.2) is 0 Å². The van der Waals surface area contributed by atoms with Crippen molar-refractivity contribution in [1.82, 2.24) is 5.32 Å². The second-order valence-corrected chi connectivity index (χ2v) is 7.74. The predicted molar refractivity (Wildman–Crippen MR) is 71.4 cm³/mol. The molecule has 1 aliphatic rings. The first-order valence-electron chi connectivity index (χ1n) is 5.23. The van der Waals surface area contributed by atoms with E-state index in [-0.39, 0.29) is 16.6 Å². The predicted octanol–water partition coefficient (Wildman–Crippen LogP) is 3.11. The zero-order valence-corrected chi connectivity index (χ0v) is 11.5. The number of carbonyl (C=O) groups excluding carboxylic acids is 2. The molecule has 0 bridgehead atoms. The Balaban J connectivity index is 2.31. The van der Waals surface area contributed by atoms with Crippen molar-refractivity contribution >= 4 is 33.4 Å². The van der Waals surface area contributed by atoms with Crippen LogP contribution in [-0.4, -0.2) is 16.6 Å². The van der Waals surface area contributed by atoms with Gasteiger partial charge in [-0.25, -0.2) is 0 Å². The molecular weight excluding hydrogens is 254 g/mol. The minimum absolute atomic E-state index is 0.104. The van der Waals surface area contributed by atoms with E-state index in [9.17, 15) is 9.59 Å². The molecule has 5 heteroatoms. The van der Waals surface area contributed by atoms with Crippen LogP contribution < -0.4 is 5.32 Å². The molecule has 90 valence electrons. The number of amides is 2. The van der Waals surface area contributed by atoms with Crippen LogP contribution in [0.2, 0.25) is 0 Å². The maximum absolute atomic E-state index is 11.7. The molecule has 0 aliphatic carbocycles. The van der Waals surface area contributed by atoms with Crippen LogP contribution in [0.25, 0.3) is 0 Å². The number of imide groups is 1. The van der Waals surface area contributed by atoms with Gasteiger partial charge in [-0.05, 0) is 12.1 Å². The van der Waals surface area contributed by atoms with Crippen LogP contribution in [0.1, 0.15) is 41.5 Å². The maximum atomic E-state index is 11.7. The number of benzene rings is 1. The van der Waals surface area contributed by atoms with Crippen molar-refractivity contribution in [3.63, 3.8) is 0 Å². The standard InChI is InChI=1S/C12H13NO2S2/c1-12(2,3)17-16-8-6-4-5-7-9(8)11(15)13-10(7)14/h4-6H,1-3H3,(H,13,14,15). The van der Waals surface area contributed by atoms with Crippen LogP contribution >= 0.6 is 21.6 Å². The van der Waals surface area contributed by atoms with E-state index in [0.717, 1.165) is 4.90 Å². The molecule has 2 amide bonds. The monoisotopic (exact) mass is 267 g/mol. The average Bonchev–Trinajstić information content (AvgIpc) is 2.52. The van der Waals surface area contributed by atoms with Gasteiger partial charge in [0.2, 0.25) is 0 Å². The third-order valence-corrected chi connectivity index (χ3v) is 5.50. The maximum Gasteiger partial charge on any atom is 0.260 e. The Morgan fingerprint density at radius 2 is 1.82 bits per heavy atom. The molecule has 17 heavy (non-hydrogen) atoms. The van der Waals surface area contributed by atoms with Crippen molar-refractivity contribution in [2.75, 3.05) is 0 Å². The quantitative estimate of drug-likeness (QED) is 0.660. The van der Waals surface area contributed by atoms with Crippen LogP contribution in [0.15, 0.2) is 23.1 Å². The van der Waals surface area contributed by atoms with Gasteiger partial charge in [-0.2, -0.15) is 0 Å².